The zero-order valence-electron chi connectivity index (χ0n) is 11.6. The molecule has 1 unspecified atom stereocenters. The van der Waals surface area contributed by atoms with E-state index in [1.807, 2.05) is 49.9 Å². The van der Waals surface area contributed by atoms with Crippen LogP contribution in [0.25, 0.3) is 0 Å². The van der Waals surface area contributed by atoms with Crippen molar-refractivity contribution in [3.8, 4) is 0 Å². The molecular formula is C14H21BrN2O2. The molecular weight excluding hydrogens is 308 g/mol. The molecule has 106 valence electrons. The molecule has 0 heterocycles. The summed E-state index contributed by atoms with van der Waals surface area (Å²) in [4.78, 5) is 13.0. The van der Waals surface area contributed by atoms with Crippen LogP contribution in [0.1, 0.15) is 32.4 Å². The molecule has 1 aromatic rings. The zero-order valence-corrected chi connectivity index (χ0v) is 13.1. The number of aliphatic hydroxyl groups excluding tert-OH is 1. The van der Waals surface area contributed by atoms with Crippen LogP contribution in [0.15, 0.2) is 28.7 Å². The van der Waals surface area contributed by atoms with Gasteiger partial charge in [-0.05, 0) is 38.5 Å². The Morgan fingerprint density at radius 1 is 1.37 bits per heavy atom. The van der Waals surface area contributed by atoms with E-state index in [0.717, 1.165) is 10.0 Å². The fourth-order valence-corrected chi connectivity index (χ4v) is 2.03. The lowest BCUT2D eigenvalue weighted by atomic mass is 10.0. The SMILES string of the molecule is CC(C)(C)N(CC(N)=O)CC(O)c1ccc(Br)cc1. The molecule has 0 aliphatic carbocycles. The van der Waals surface area contributed by atoms with Crippen molar-refractivity contribution in [2.24, 2.45) is 5.73 Å². The topological polar surface area (TPSA) is 66.6 Å². The molecule has 4 nitrogen and oxygen atoms in total. The molecule has 0 fully saturated rings. The van der Waals surface area contributed by atoms with Crippen LogP contribution in [0.5, 0.6) is 0 Å². The highest BCUT2D eigenvalue weighted by molar-refractivity contribution is 9.10. The predicted molar refractivity (Wildman–Crippen MR) is 79.6 cm³/mol. The highest BCUT2D eigenvalue weighted by Crippen LogP contribution is 2.21. The Bertz CT molecular complexity index is 426. The van der Waals surface area contributed by atoms with E-state index in [-0.39, 0.29) is 12.1 Å². The quantitative estimate of drug-likeness (QED) is 0.869. The summed E-state index contributed by atoms with van der Waals surface area (Å²) < 4.78 is 0.966. The van der Waals surface area contributed by atoms with Crippen molar-refractivity contribution in [1.29, 1.82) is 0 Å². The first-order valence-corrected chi connectivity index (χ1v) is 6.96. The molecule has 0 aromatic heterocycles. The number of nitrogens with two attached hydrogens (primary N) is 1. The Balaban J connectivity index is 2.78. The zero-order chi connectivity index (χ0) is 14.6. The number of rotatable bonds is 5. The van der Waals surface area contributed by atoms with Gasteiger partial charge in [-0.15, -0.1) is 0 Å². The first kappa shape index (κ1) is 16.1. The molecule has 5 heteroatoms. The average Bonchev–Trinajstić information content (AvgIpc) is 2.27. The average molecular weight is 329 g/mol. The maximum Gasteiger partial charge on any atom is 0.231 e. The molecule has 0 radical (unpaired) electrons. The summed E-state index contributed by atoms with van der Waals surface area (Å²) in [5.74, 6) is -0.391. The van der Waals surface area contributed by atoms with E-state index in [1.165, 1.54) is 0 Å². The number of amides is 1. The second-order valence-corrected chi connectivity index (χ2v) is 6.50. The summed E-state index contributed by atoms with van der Waals surface area (Å²) in [6, 6.07) is 7.49. The number of benzene rings is 1. The summed E-state index contributed by atoms with van der Waals surface area (Å²) in [5, 5.41) is 10.2. The highest BCUT2D eigenvalue weighted by atomic mass is 79.9. The van der Waals surface area contributed by atoms with Crippen LogP contribution in [0, 0.1) is 0 Å². The van der Waals surface area contributed by atoms with Gasteiger partial charge in [0.15, 0.2) is 0 Å². The number of nitrogens with zero attached hydrogens (tertiary/aromatic N) is 1. The van der Waals surface area contributed by atoms with Crippen molar-refractivity contribution in [2.75, 3.05) is 13.1 Å². The van der Waals surface area contributed by atoms with Crippen LogP contribution >= 0.6 is 15.9 Å². The lowest BCUT2D eigenvalue weighted by molar-refractivity contribution is -0.120. The van der Waals surface area contributed by atoms with Crippen molar-refractivity contribution >= 4 is 21.8 Å². The minimum atomic E-state index is -0.647. The second-order valence-electron chi connectivity index (χ2n) is 5.59. The van der Waals surface area contributed by atoms with E-state index in [0.29, 0.717) is 6.54 Å². The highest BCUT2D eigenvalue weighted by Gasteiger charge is 2.25. The molecule has 1 aromatic carbocycles. The third-order valence-corrected chi connectivity index (χ3v) is 3.47. The van der Waals surface area contributed by atoms with Crippen molar-refractivity contribution in [3.63, 3.8) is 0 Å². The van der Waals surface area contributed by atoms with Crippen LogP contribution in [0.4, 0.5) is 0 Å². The fourth-order valence-electron chi connectivity index (χ4n) is 1.76. The lowest BCUT2D eigenvalue weighted by Crippen LogP contribution is -2.47. The van der Waals surface area contributed by atoms with Gasteiger partial charge in [0.2, 0.25) is 5.91 Å². The van der Waals surface area contributed by atoms with Crippen LogP contribution in [0.2, 0.25) is 0 Å². The Kier molecular flexibility index (Phi) is 5.52. The van der Waals surface area contributed by atoms with Gasteiger partial charge in [-0.1, -0.05) is 28.1 Å². The summed E-state index contributed by atoms with van der Waals surface area (Å²) in [6.07, 6.45) is -0.647. The van der Waals surface area contributed by atoms with Gasteiger partial charge in [0, 0.05) is 16.6 Å². The molecule has 0 saturated carbocycles. The minimum Gasteiger partial charge on any atom is -0.387 e. The number of hydrogen-bond donors (Lipinski definition) is 2. The van der Waals surface area contributed by atoms with Gasteiger partial charge in [0.1, 0.15) is 0 Å². The van der Waals surface area contributed by atoms with E-state index in [2.05, 4.69) is 15.9 Å². The lowest BCUT2D eigenvalue weighted by Gasteiger charge is -2.36. The van der Waals surface area contributed by atoms with Gasteiger partial charge in [-0.3, -0.25) is 9.69 Å². The summed E-state index contributed by atoms with van der Waals surface area (Å²) >= 11 is 3.36. The van der Waals surface area contributed by atoms with E-state index < -0.39 is 12.0 Å². The standard InChI is InChI=1S/C14H21BrN2O2/c1-14(2,3)17(9-13(16)19)8-12(18)10-4-6-11(15)7-5-10/h4-7,12,18H,8-9H2,1-3H3,(H2,16,19). The van der Waals surface area contributed by atoms with E-state index in [9.17, 15) is 9.90 Å². The normalized spacial score (nSPS) is 13.6. The molecule has 1 atom stereocenters. The third kappa shape index (κ3) is 5.30. The molecule has 0 bridgehead atoms. The van der Waals surface area contributed by atoms with Crippen LogP contribution in [-0.2, 0) is 4.79 Å². The maximum atomic E-state index is 11.1. The Hall–Kier alpha value is -0.910. The van der Waals surface area contributed by atoms with Gasteiger partial charge >= 0.3 is 0 Å². The van der Waals surface area contributed by atoms with E-state index in [4.69, 9.17) is 5.73 Å². The van der Waals surface area contributed by atoms with Crippen LogP contribution in [-0.4, -0.2) is 34.5 Å². The number of carbonyl (C=O) groups is 1. The molecule has 0 aliphatic heterocycles. The Morgan fingerprint density at radius 3 is 2.32 bits per heavy atom. The fraction of sp³-hybridized carbons (Fsp3) is 0.500. The van der Waals surface area contributed by atoms with E-state index >= 15 is 0 Å². The number of primary amides is 1. The first-order valence-electron chi connectivity index (χ1n) is 6.17. The molecule has 0 saturated heterocycles. The number of hydrogen-bond acceptors (Lipinski definition) is 3. The van der Waals surface area contributed by atoms with Gasteiger partial charge in [-0.2, -0.15) is 0 Å². The molecule has 0 spiro atoms. The summed E-state index contributed by atoms with van der Waals surface area (Å²) in [6.45, 7) is 6.48. The van der Waals surface area contributed by atoms with Gasteiger partial charge in [0.25, 0.3) is 0 Å². The molecule has 19 heavy (non-hydrogen) atoms. The van der Waals surface area contributed by atoms with Crippen molar-refractivity contribution in [2.45, 2.75) is 32.4 Å². The van der Waals surface area contributed by atoms with Crippen molar-refractivity contribution in [3.05, 3.63) is 34.3 Å². The predicted octanol–water partition coefficient (Wildman–Crippen LogP) is 2.07. The summed E-state index contributed by atoms with van der Waals surface area (Å²) in [7, 11) is 0. The third-order valence-electron chi connectivity index (χ3n) is 2.94. The first-order chi connectivity index (χ1) is 8.70. The van der Waals surface area contributed by atoms with Crippen molar-refractivity contribution in [1.82, 2.24) is 4.90 Å². The number of β-amino-alcohol motifs (C(OH)–C–C–N with tert-alkyl or cyclic N) is 1. The smallest absolute Gasteiger partial charge is 0.231 e. The maximum absolute atomic E-state index is 11.1. The van der Waals surface area contributed by atoms with E-state index in [1.54, 1.807) is 0 Å². The minimum absolute atomic E-state index is 0.136. The Morgan fingerprint density at radius 2 is 1.89 bits per heavy atom. The van der Waals surface area contributed by atoms with Gasteiger partial charge in [-0.25, -0.2) is 0 Å². The molecule has 1 rings (SSSR count). The van der Waals surface area contributed by atoms with Crippen LogP contribution < -0.4 is 5.73 Å². The summed E-state index contributed by atoms with van der Waals surface area (Å²) in [5.41, 5.74) is 5.85. The number of halogens is 1. The monoisotopic (exact) mass is 328 g/mol. The van der Waals surface area contributed by atoms with Gasteiger partial charge < -0.3 is 10.8 Å². The second kappa shape index (κ2) is 6.50. The van der Waals surface area contributed by atoms with Gasteiger partial charge in [0.05, 0.1) is 12.6 Å². The number of carbonyl (C=O) groups excluding carboxylic acids is 1. The molecule has 1 amide bonds. The number of aliphatic hydroxyl groups is 1. The molecule has 3 N–H and O–H groups in total. The van der Waals surface area contributed by atoms with Crippen molar-refractivity contribution < 1.29 is 9.90 Å². The largest absolute Gasteiger partial charge is 0.387 e. The Labute approximate surface area is 122 Å². The van der Waals surface area contributed by atoms with Crippen LogP contribution in [0.3, 0.4) is 0 Å². The molecule has 0 aliphatic rings.